The summed E-state index contributed by atoms with van der Waals surface area (Å²) in [7, 11) is 0. The fourth-order valence-electron chi connectivity index (χ4n) is 8.63. The number of fused-ring (bicyclic) bond motifs is 2. The average Bonchev–Trinajstić information content (AvgIpc) is 4.22. The summed E-state index contributed by atoms with van der Waals surface area (Å²) in [6.45, 7) is 0.492. The molecule has 2 saturated carbocycles. The average molecular weight is 835 g/mol. The molecule has 6 N–H and O–H groups in total. The Hall–Kier alpha value is -7.83. The third kappa shape index (κ3) is 7.84. The monoisotopic (exact) mass is 834 g/mol. The molecule has 12 nitrogen and oxygen atoms in total. The maximum atomic E-state index is 14.4. The van der Waals surface area contributed by atoms with Crippen LogP contribution in [0.25, 0.3) is 0 Å². The van der Waals surface area contributed by atoms with Gasteiger partial charge in [0.15, 0.2) is 5.72 Å². The Balaban J connectivity index is 0.887. The van der Waals surface area contributed by atoms with E-state index in [4.69, 9.17) is 4.74 Å². The molecular formula is C51H42N6O6. The normalized spacial score (nSPS) is 24.2. The number of anilines is 6. The van der Waals surface area contributed by atoms with Crippen molar-refractivity contribution in [3.63, 3.8) is 0 Å². The van der Waals surface area contributed by atoms with Crippen LogP contribution in [-0.2, 0) is 29.6 Å². The largest absolute Gasteiger partial charge is 0.352 e. The molecule has 0 radical (unpaired) electrons. The molecule has 0 spiro atoms. The molecular weight excluding hydrogens is 793 g/mol. The Bertz CT molecular complexity index is 2830. The van der Waals surface area contributed by atoms with E-state index in [1.807, 2.05) is 78.9 Å². The molecule has 63 heavy (non-hydrogen) atoms. The molecule has 5 atom stereocenters. The van der Waals surface area contributed by atoms with Crippen LogP contribution in [0.1, 0.15) is 28.8 Å². The first-order valence-electron chi connectivity index (χ1n) is 20.8. The van der Waals surface area contributed by atoms with Gasteiger partial charge in [0, 0.05) is 62.3 Å². The van der Waals surface area contributed by atoms with Gasteiger partial charge in [-0.1, -0.05) is 97.1 Å². The highest BCUT2D eigenvalue weighted by molar-refractivity contribution is 6.14. The molecule has 3 fully saturated rings. The van der Waals surface area contributed by atoms with Crippen molar-refractivity contribution in [3.05, 3.63) is 192 Å². The molecule has 4 aliphatic carbocycles. The summed E-state index contributed by atoms with van der Waals surface area (Å²) in [5, 5.41) is 18.2. The number of benzene rings is 5. The third-order valence-corrected chi connectivity index (χ3v) is 12.3. The molecule has 5 aromatic carbocycles. The highest BCUT2D eigenvalue weighted by atomic mass is 16.6. The molecule has 5 unspecified atom stereocenters. The van der Waals surface area contributed by atoms with Crippen molar-refractivity contribution in [1.29, 1.82) is 0 Å². The second-order valence-electron chi connectivity index (χ2n) is 16.6. The Labute approximate surface area is 363 Å². The van der Waals surface area contributed by atoms with E-state index >= 15 is 0 Å². The molecule has 5 aliphatic rings. The van der Waals surface area contributed by atoms with Crippen LogP contribution in [0.15, 0.2) is 181 Å². The number of hydrogen-bond donors (Lipinski definition) is 6. The Morgan fingerprint density at radius 1 is 0.540 bits per heavy atom. The molecule has 5 amide bonds. The lowest BCUT2D eigenvalue weighted by atomic mass is 9.88. The van der Waals surface area contributed by atoms with Crippen molar-refractivity contribution in [2.45, 2.75) is 18.6 Å². The number of carbonyl (C=O) groups excluding carboxylic acids is 5. The molecule has 1 aliphatic heterocycles. The summed E-state index contributed by atoms with van der Waals surface area (Å²) in [5.41, 5.74) is 2.54. The van der Waals surface area contributed by atoms with Crippen LogP contribution in [0.2, 0.25) is 0 Å². The lowest BCUT2D eigenvalue weighted by molar-refractivity contribution is -0.120. The van der Waals surface area contributed by atoms with Gasteiger partial charge in [-0.3, -0.25) is 24.0 Å². The standard InChI is InChI=1S/C51H42N6O6/c58-44(32-12-3-1-4-13-32)52-36-17-9-18-37(25-36)53-45(59)33-24-42(46(60)54-38-19-11-22-41(27-38)57-51(31-63-51)34-14-5-2-6-15-34)43-30-50(43,28-33)48(62)56-40-21-10-20-39(26-40)55-47(61)49-23-8-7-16-35(49)29-49/h1-28,35,43,57H,29-31H2,(H,52,58)(H,53,59)(H,54,60)(H,55,61)(H,56,62). The number of amides is 5. The van der Waals surface area contributed by atoms with Crippen LogP contribution in [0, 0.1) is 22.7 Å². The van der Waals surface area contributed by atoms with Crippen LogP contribution in [0.5, 0.6) is 0 Å². The lowest BCUT2D eigenvalue weighted by Gasteiger charge is -2.22. The van der Waals surface area contributed by atoms with E-state index in [9.17, 15) is 24.0 Å². The fraction of sp³-hybridized carbons (Fsp3) is 0.157. The first-order chi connectivity index (χ1) is 30.6. The van der Waals surface area contributed by atoms with Crippen molar-refractivity contribution in [2.75, 3.05) is 38.5 Å². The maximum absolute atomic E-state index is 14.4. The summed E-state index contributed by atoms with van der Waals surface area (Å²) in [5.74, 6) is -2.14. The van der Waals surface area contributed by atoms with Crippen molar-refractivity contribution in [3.8, 4) is 0 Å². The molecule has 0 aromatic heterocycles. The SMILES string of the molecule is O=C(Nc1cccc(NC(=O)c2ccccc2)c1)C1=CC2(C(=O)Nc3cccc(NC(=O)C45C=CC=CC4C5)c3)CC2C(C(=O)Nc2cccc(NC3(c4ccccc4)CO3)c2)=C1. The number of allylic oxidation sites excluding steroid dienone is 3. The smallest absolute Gasteiger partial charge is 0.255 e. The second-order valence-corrected chi connectivity index (χ2v) is 16.6. The molecule has 0 bridgehead atoms. The van der Waals surface area contributed by atoms with Crippen molar-refractivity contribution in [2.24, 2.45) is 22.7 Å². The van der Waals surface area contributed by atoms with Gasteiger partial charge >= 0.3 is 0 Å². The van der Waals surface area contributed by atoms with E-state index in [1.165, 1.54) is 6.08 Å². The van der Waals surface area contributed by atoms with Crippen LogP contribution in [-0.4, -0.2) is 36.1 Å². The number of hydrogen-bond acceptors (Lipinski definition) is 7. The molecule has 10 rings (SSSR count). The molecule has 12 heteroatoms. The number of rotatable bonds is 13. The minimum absolute atomic E-state index is 0.105. The molecule has 5 aromatic rings. The van der Waals surface area contributed by atoms with E-state index in [1.54, 1.807) is 84.9 Å². The zero-order valence-corrected chi connectivity index (χ0v) is 33.9. The first kappa shape index (κ1) is 39.3. The first-order valence-corrected chi connectivity index (χ1v) is 20.8. The van der Waals surface area contributed by atoms with Gasteiger partial charge in [-0.25, -0.2) is 0 Å². The van der Waals surface area contributed by atoms with E-state index in [0.29, 0.717) is 40.6 Å². The van der Waals surface area contributed by atoms with Gasteiger partial charge in [-0.15, -0.1) is 0 Å². The van der Waals surface area contributed by atoms with E-state index in [-0.39, 0.29) is 35.3 Å². The highest BCUT2D eigenvalue weighted by Crippen LogP contribution is 2.61. The molecule has 1 saturated heterocycles. The van der Waals surface area contributed by atoms with Gasteiger partial charge in [-0.05, 0) is 91.6 Å². The quantitative estimate of drug-likeness (QED) is 0.0648. The minimum Gasteiger partial charge on any atom is -0.352 e. The highest BCUT2D eigenvalue weighted by Gasteiger charge is 2.63. The van der Waals surface area contributed by atoms with Crippen molar-refractivity contribution < 1.29 is 28.7 Å². The maximum Gasteiger partial charge on any atom is 0.255 e. The zero-order valence-electron chi connectivity index (χ0n) is 33.9. The summed E-state index contributed by atoms with van der Waals surface area (Å²) < 4.78 is 5.84. The Morgan fingerprint density at radius 3 is 1.70 bits per heavy atom. The lowest BCUT2D eigenvalue weighted by Crippen LogP contribution is -2.31. The van der Waals surface area contributed by atoms with Gasteiger partial charge in [0.1, 0.15) is 6.61 Å². The predicted molar refractivity (Wildman–Crippen MR) is 241 cm³/mol. The number of epoxide rings is 1. The van der Waals surface area contributed by atoms with Crippen LogP contribution < -0.4 is 31.9 Å². The number of ether oxygens (including phenoxy) is 1. The minimum atomic E-state index is -1.22. The fourth-order valence-corrected chi connectivity index (χ4v) is 8.63. The third-order valence-electron chi connectivity index (χ3n) is 12.3. The van der Waals surface area contributed by atoms with Gasteiger partial charge in [-0.2, -0.15) is 0 Å². The van der Waals surface area contributed by atoms with Crippen LogP contribution in [0.3, 0.4) is 0 Å². The van der Waals surface area contributed by atoms with Crippen LogP contribution in [0.4, 0.5) is 34.1 Å². The van der Waals surface area contributed by atoms with Gasteiger partial charge < -0.3 is 36.6 Å². The van der Waals surface area contributed by atoms with Gasteiger partial charge in [0.2, 0.25) is 11.8 Å². The van der Waals surface area contributed by atoms with E-state index in [0.717, 1.165) is 17.7 Å². The summed E-state index contributed by atoms with van der Waals surface area (Å²) in [4.78, 5) is 68.9. The van der Waals surface area contributed by atoms with Gasteiger partial charge in [0.05, 0.1) is 10.8 Å². The summed E-state index contributed by atoms with van der Waals surface area (Å²) in [6, 6.07) is 39.6. The topological polar surface area (TPSA) is 170 Å². The van der Waals surface area contributed by atoms with E-state index < -0.39 is 40.2 Å². The summed E-state index contributed by atoms with van der Waals surface area (Å²) >= 11 is 0. The van der Waals surface area contributed by atoms with Crippen molar-refractivity contribution in [1.82, 2.24) is 0 Å². The van der Waals surface area contributed by atoms with Gasteiger partial charge in [0.25, 0.3) is 17.7 Å². The predicted octanol–water partition coefficient (Wildman–Crippen LogP) is 8.39. The van der Waals surface area contributed by atoms with Crippen molar-refractivity contribution >= 4 is 63.7 Å². The molecule has 1 heterocycles. The Morgan fingerprint density at radius 2 is 1.08 bits per heavy atom. The Kier molecular flexibility index (Phi) is 9.72. The summed E-state index contributed by atoms with van der Waals surface area (Å²) in [6.07, 6.45) is 12.0. The van der Waals surface area contributed by atoms with E-state index in [2.05, 4.69) is 31.9 Å². The number of nitrogens with one attached hydrogen (secondary N) is 6. The second kappa shape index (κ2) is 15.6. The van der Waals surface area contributed by atoms with Crippen LogP contribution >= 0.6 is 0 Å². The molecule has 312 valence electrons. The number of carbonyl (C=O) groups is 5. The zero-order chi connectivity index (χ0) is 43.2.